The summed E-state index contributed by atoms with van der Waals surface area (Å²) in [6.45, 7) is -0.417. The summed E-state index contributed by atoms with van der Waals surface area (Å²) in [6.07, 6.45) is -23.9. The average molecular weight is 488 g/mol. The van der Waals surface area contributed by atoms with E-state index in [1.54, 1.807) is 0 Å². The molecule has 2 rings (SSSR count). The molecule has 0 aliphatic carbocycles. The van der Waals surface area contributed by atoms with Gasteiger partial charge in [0.15, 0.2) is 18.9 Å². The maximum atomic E-state index is 10.7. The van der Waals surface area contributed by atoms with Crippen molar-refractivity contribution in [1.82, 2.24) is 0 Å². The fourth-order valence-electron chi connectivity index (χ4n) is 3.55. The van der Waals surface area contributed by atoms with Gasteiger partial charge in [0.25, 0.3) is 0 Å². The maximum absolute atomic E-state index is 10.7. The Morgan fingerprint density at radius 3 is 2.03 bits per heavy atom. The van der Waals surface area contributed by atoms with Gasteiger partial charge in [-0.2, -0.15) is 0 Å². The Morgan fingerprint density at radius 2 is 1.48 bits per heavy atom. The molecule has 194 valence electrons. The third kappa shape index (κ3) is 6.22. The predicted molar refractivity (Wildman–Crippen MR) is 101 cm³/mol. The van der Waals surface area contributed by atoms with E-state index in [1.165, 1.54) is 6.92 Å². The summed E-state index contributed by atoms with van der Waals surface area (Å²) in [7, 11) is 0. The summed E-state index contributed by atoms with van der Waals surface area (Å²) >= 11 is 0. The van der Waals surface area contributed by atoms with Gasteiger partial charge in [-0.3, -0.25) is 0 Å². The highest BCUT2D eigenvalue weighted by atomic mass is 16.7. The molecule has 0 spiro atoms. The minimum atomic E-state index is -2.06. The summed E-state index contributed by atoms with van der Waals surface area (Å²) in [5.74, 6) is 0. The molecule has 10 N–H and O–H groups in total. The molecule has 2 aliphatic rings. The highest BCUT2D eigenvalue weighted by Crippen LogP contribution is 2.30. The van der Waals surface area contributed by atoms with Gasteiger partial charge in [0.1, 0.15) is 67.1 Å². The Morgan fingerprint density at radius 1 is 0.879 bits per heavy atom. The van der Waals surface area contributed by atoms with Crippen molar-refractivity contribution < 1.29 is 74.8 Å². The summed E-state index contributed by atoms with van der Waals surface area (Å²) in [5.41, 5.74) is 0. The van der Waals surface area contributed by atoms with E-state index >= 15 is 0 Å². The van der Waals surface area contributed by atoms with Crippen LogP contribution in [-0.4, -0.2) is 156 Å². The van der Waals surface area contributed by atoms with Gasteiger partial charge in [-0.15, -0.1) is 0 Å². The van der Waals surface area contributed by atoms with Crippen LogP contribution in [0, 0.1) is 0 Å². The van der Waals surface area contributed by atoms with E-state index in [1.807, 2.05) is 0 Å². The molecular formula is C18H32O15. The van der Waals surface area contributed by atoms with Crippen molar-refractivity contribution >= 4 is 6.29 Å². The molecule has 0 saturated carbocycles. The third-order valence-electron chi connectivity index (χ3n) is 5.60. The number of aliphatic hydroxyl groups excluding tert-OH is 10. The maximum Gasteiger partial charge on any atom is 0.187 e. The van der Waals surface area contributed by atoms with Crippen molar-refractivity contribution in [3.8, 4) is 0 Å². The number of aliphatic hydroxyl groups is 10. The fourth-order valence-corrected chi connectivity index (χ4v) is 3.55. The minimum Gasteiger partial charge on any atom is -0.394 e. The van der Waals surface area contributed by atoms with Crippen molar-refractivity contribution in [2.45, 2.75) is 92.8 Å². The highest BCUT2D eigenvalue weighted by Gasteiger charge is 2.51. The molecule has 15 nitrogen and oxygen atoms in total. The average Bonchev–Trinajstić information content (AvgIpc) is 2.81. The lowest BCUT2D eigenvalue weighted by molar-refractivity contribution is -0.365. The Labute approximate surface area is 187 Å². The quantitative estimate of drug-likeness (QED) is 0.128. The Balaban J connectivity index is 2.16. The Hall–Kier alpha value is -0.890. The van der Waals surface area contributed by atoms with Gasteiger partial charge in [-0.25, -0.2) is 0 Å². The third-order valence-corrected chi connectivity index (χ3v) is 5.60. The first kappa shape index (κ1) is 28.3. The van der Waals surface area contributed by atoms with Gasteiger partial charge in [-0.05, 0) is 6.92 Å². The Kier molecular flexibility index (Phi) is 10.5. The largest absolute Gasteiger partial charge is 0.394 e. The van der Waals surface area contributed by atoms with Crippen LogP contribution in [0.1, 0.15) is 6.92 Å². The van der Waals surface area contributed by atoms with E-state index in [9.17, 15) is 50.8 Å². The first-order valence-corrected chi connectivity index (χ1v) is 10.2. The molecule has 0 radical (unpaired) electrons. The number of carbonyl (C=O) groups excluding carboxylic acids is 1. The molecule has 2 fully saturated rings. The van der Waals surface area contributed by atoms with Crippen molar-refractivity contribution in [1.29, 1.82) is 0 Å². The van der Waals surface area contributed by atoms with Crippen molar-refractivity contribution in [3.05, 3.63) is 0 Å². The molecule has 2 aliphatic heterocycles. The summed E-state index contributed by atoms with van der Waals surface area (Å²) in [6, 6.07) is 0. The first-order valence-electron chi connectivity index (χ1n) is 10.2. The second kappa shape index (κ2) is 12.2. The zero-order chi connectivity index (χ0) is 25.0. The van der Waals surface area contributed by atoms with Gasteiger partial charge in [0.05, 0.1) is 19.3 Å². The molecule has 33 heavy (non-hydrogen) atoms. The van der Waals surface area contributed by atoms with Crippen molar-refractivity contribution in [2.24, 2.45) is 0 Å². The van der Waals surface area contributed by atoms with Crippen LogP contribution in [0.15, 0.2) is 0 Å². The van der Waals surface area contributed by atoms with E-state index in [0.717, 1.165) is 0 Å². The molecular weight excluding hydrogens is 456 g/mol. The van der Waals surface area contributed by atoms with Crippen LogP contribution in [-0.2, 0) is 23.7 Å². The molecule has 2 heterocycles. The summed E-state index contributed by atoms with van der Waals surface area (Å²) < 4.78 is 21.3. The second-order valence-corrected chi connectivity index (χ2v) is 7.96. The van der Waals surface area contributed by atoms with E-state index in [4.69, 9.17) is 24.1 Å². The number of ether oxygens (including phenoxy) is 4. The molecule has 2 saturated heterocycles. The lowest BCUT2D eigenvalue weighted by Crippen LogP contribution is -2.65. The molecule has 0 unspecified atom stereocenters. The molecule has 14 atom stereocenters. The molecule has 0 aromatic carbocycles. The molecule has 0 amide bonds. The van der Waals surface area contributed by atoms with Gasteiger partial charge < -0.3 is 74.8 Å². The number of hydrogen-bond donors (Lipinski definition) is 10. The number of carbonyl (C=O) groups is 1. The van der Waals surface area contributed by atoms with Crippen LogP contribution in [0.3, 0.4) is 0 Å². The fraction of sp³-hybridized carbons (Fsp3) is 0.944. The zero-order valence-electron chi connectivity index (χ0n) is 17.6. The van der Waals surface area contributed by atoms with Crippen LogP contribution >= 0.6 is 0 Å². The first-order chi connectivity index (χ1) is 15.5. The summed E-state index contributed by atoms with van der Waals surface area (Å²) in [5, 5.41) is 99.0. The molecule has 0 bridgehead atoms. The predicted octanol–water partition coefficient (Wildman–Crippen LogP) is -6.70. The summed E-state index contributed by atoms with van der Waals surface area (Å²) in [4.78, 5) is 10.7. The van der Waals surface area contributed by atoms with E-state index < -0.39 is 99.0 Å². The van der Waals surface area contributed by atoms with Gasteiger partial charge in [0, 0.05) is 0 Å². The number of hydrogen-bond acceptors (Lipinski definition) is 15. The Bertz CT molecular complexity index is 607. The second-order valence-electron chi connectivity index (χ2n) is 7.96. The minimum absolute atomic E-state index is 0.0552. The van der Waals surface area contributed by atoms with Gasteiger partial charge >= 0.3 is 0 Å². The van der Waals surface area contributed by atoms with E-state index in [2.05, 4.69) is 0 Å². The van der Waals surface area contributed by atoms with Gasteiger partial charge in [-0.1, -0.05) is 0 Å². The number of aldehydes is 1. The topological polar surface area (TPSA) is 256 Å². The van der Waals surface area contributed by atoms with E-state index in [0.29, 0.717) is 0 Å². The lowest BCUT2D eigenvalue weighted by atomic mass is 9.97. The van der Waals surface area contributed by atoms with Crippen molar-refractivity contribution in [3.63, 3.8) is 0 Å². The zero-order valence-corrected chi connectivity index (χ0v) is 17.6. The van der Waals surface area contributed by atoms with E-state index in [-0.39, 0.29) is 6.29 Å². The SMILES string of the molecule is C[C@H]1O[C@H](O[C@H]2[C@H](O)[C@@H](O)[C@@H](O[C@@H]([C@H](O)[C@@H](O)C=O)[C@H](O)CO)O[C@@H]2CO)[C@H](O)[C@@H](O)[C@@H]1O. The normalized spacial score (nSPS) is 43.5. The molecule has 0 aromatic rings. The van der Waals surface area contributed by atoms with Crippen LogP contribution in [0.5, 0.6) is 0 Å². The standard InChI is InChI=1S/C18H32O15/c1-5-9(24)11(26)13(28)17(30-5)33-16-8(4-21)31-18(14(29)12(16)27)32-15(7(23)3-20)10(25)6(22)2-19/h2,5-18,20-29H,3-4H2,1H3/t5-,6+,7-,8-,9-,10-,11+,12-,13-,14-,15-,16-,17-,18-/m1/s1. The highest BCUT2D eigenvalue weighted by molar-refractivity contribution is 5.56. The monoisotopic (exact) mass is 488 g/mol. The van der Waals surface area contributed by atoms with Crippen LogP contribution in [0.4, 0.5) is 0 Å². The smallest absolute Gasteiger partial charge is 0.187 e. The molecule has 0 aromatic heterocycles. The van der Waals surface area contributed by atoms with Crippen molar-refractivity contribution in [2.75, 3.05) is 13.2 Å². The van der Waals surface area contributed by atoms with Gasteiger partial charge in [0.2, 0.25) is 0 Å². The lowest BCUT2D eigenvalue weighted by Gasteiger charge is -2.46. The number of rotatable bonds is 10. The van der Waals surface area contributed by atoms with Crippen LogP contribution < -0.4 is 0 Å². The van der Waals surface area contributed by atoms with Crippen LogP contribution in [0.2, 0.25) is 0 Å². The molecule has 15 heteroatoms. The van der Waals surface area contributed by atoms with Crippen LogP contribution in [0.25, 0.3) is 0 Å².